The molecule has 0 radical (unpaired) electrons. The molecule has 0 saturated heterocycles. The lowest BCUT2D eigenvalue weighted by Gasteiger charge is -2.08. The lowest BCUT2D eigenvalue weighted by Crippen LogP contribution is -2.22. The van der Waals surface area contributed by atoms with E-state index in [0.717, 1.165) is 10.9 Å². The highest BCUT2D eigenvalue weighted by Gasteiger charge is 2.14. The number of hydrogen-bond acceptors (Lipinski definition) is 6. The number of nitrogens with one attached hydrogen (secondary N) is 3. The van der Waals surface area contributed by atoms with Crippen LogP contribution >= 0.6 is 0 Å². The van der Waals surface area contributed by atoms with Gasteiger partial charge in [0.1, 0.15) is 17.2 Å². The molecular weight excluding hydrogens is 446 g/mol. The van der Waals surface area contributed by atoms with E-state index in [1.165, 1.54) is 0 Å². The van der Waals surface area contributed by atoms with Gasteiger partial charge in [0, 0.05) is 23.2 Å². The van der Waals surface area contributed by atoms with E-state index < -0.39 is 11.9 Å². The fraction of sp³-hybridized carbons (Fsp3) is 0.148. The zero-order chi connectivity index (χ0) is 24.6. The minimum Gasteiger partial charge on any atom is -0.482 e. The topological polar surface area (TPSA) is 114 Å². The average Bonchev–Trinajstić information content (AvgIpc) is 3.31. The number of benzene rings is 3. The number of fused-ring (bicyclic) bond motifs is 1. The molecule has 35 heavy (non-hydrogen) atoms. The molecule has 0 spiro atoms. The van der Waals surface area contributed by atoms with Crippen LogP contribution in [0.15, 0.2) is 83.3 Å². The zero-order valence-corrected chi connectivity index (χ0v) is 19.2. The van der Waals surface area contributed by atoms with Crippen LogP contribution in [0, 0.1) is 5.41 Å². The Bertz CT molecular complexity index is 1330. The summed E-state index contributed by atoms with van der Waals surface area (Å²) in [4.78, 5) is 24.1. The van der Waals surface area contributed by atoms with E-state index >= 15 is 0 Å². The molecule has 1 amide bonds. The normalized spacial score (nSPS) is 10.5. The monoisotopic (exact) mass is 471 g/mol. The van der Waals surface area contributed by atoms with E-state index in [1.807, 2.05) is 36.4 Å². The standard InChI is InChI=1S/C27H25N3O5/c1-2-33-25(31)17-34-22-11-9-21(10-12-22)30-27(32)24-15-20-14-19(8-13-23(20)35-24)26(28)29-16-18-6-4-3-5-7-18/h3-15H,2,16-17H2,1H3,(H2,28,29)(H,30,32). The van der Waals surface area contributed by atoms with Crippen LogP contribution in [-0.2, 0) is 16.1 Å². The Morgan fingerprint density at radius 3 is 2.49 bits per heavy atom. The number of carbonyl (C=O) groups is 2. The van der Waals surface area contributed by atoms with Crippen molar-refractivity contribution in [2.45, 2.75) is 13.5 Å². The molecule has 0 aliphatic heterocycles. The van der Waals surface area contributed by atoms with Crippen LogP contribution < -0.4 is 15.4 Å². The summed E-state index contributed by atoms with van der Waals surface area (Å²) in [5, 5.41) is 14.9. The van der Waals surface area contributed by atoms with Crippen molar-refractivity contribution in [2.75, 3.05) is 18.5 Å². The molecule has 3 N–H and O–H groups in total. The summed E-state index contributed by atoms with van der Waals surface area (Å²) in [6.45, 7) is 2.39. The van der Waals surface area contributed by atoms with Gasteiger partial charge in [-0.25, -0.2) is 4.79 Å². The number of carbonyl (C=O) groups excluding carboxylic acids is 2. The number of anilines is 1. The Morgan fingerprint density at radius 1 is 0.971 bits per heavy atom. The predicted octanol–water partition coefficient (Wildman–Crippen LogP) is 4.74. The van der Waals surface area contributed by atoms with Gasteiger partial charge in [-0.05, 0) is 61.0 Å². The fourth-order valence-corrected chi connectivity index (χ4v) is 3.37. The van der Waals surface area contributed by atoms with Crippen LogP contribution in [0.4, 0.5) is 5.69 Å². The predicted molar refractivity (Wildman–Crippen MR) is 133 cm³/mol. The lowest BCUT2D eigenvalue weighted by atomic mass is 10.1. The molecule has 178 valence electrons. The van der Waals surface area contributed by atoms with Gasteiger partial charge < -0.3 is 24.5 Å². The minimum absolute atomic E-state index is 0.156. The maximum absolute atomic E-state index is 12.7. The number of ether oxygens (including phenoxy) is 2. The van der Waals surface area contributed by atoms with Crippen molar-refractivity contribution in [1.29, 1.82) is 5.41 Å². The van der Waals surface area contributed by atoms with Crippen molar-refractivity contribution in [2.24, 2.45) is 0 Å². The largest absolute Gasteiger partial charge is 0.482 e. The maximum atomic E-state index is 12.7. The summed E-state index contributed by atoms with van der Waals surface area (Å²) in [5.74, 6) is 0.0766. The van der Waals surface area contributed by atoms with Gasteiger partial charge in [0.05, 0.1) is 6.61 Å². The second kappa shape index (κ2) is 11.0. The molecule has 8 nitrogen and oxygen atoms in total. The Balaban J connectivity index is 1.36. The first-order valence-corrected chi connectivity index (χ1v) is 11.1. The molecule has 0 unspecified atom stereocenters. The second-order valence-corrected chi connectivity index (χ2v) is 7.65. The summed E-state index contributed by atoms with van der Waals surface area (Å²) in [6.07, 6.45) is 0. The van der Waals surface area contributed by atoms with E-state index in [4.69, 9.17) is 19.3 Å². The minimum atomic E-state index is -0.444. The molecule has 1 heterocycles. The number of amidine groups is 1. The van der Waals surface area contributed by atoms with Gasteiger partial charge in [-0.1, -0.05) is 30.3 Å². The molecule has 4 aromatic rings. The Hall–Kier alpha value is -4.59. The quantitative estimate of drug-likeness (QED) is 0.185. The van der Waals surface area contributed by atoms with E-state index in [2.05, 4.69) is 10.6 Å². The third kappa shape index (κ3) is 6.26. The van der Waals surface area contributed by atoms with Gasteiger partial charge in [0.2, 0.25) is 0 Å². The smallest absolute Gasteiger partial charge is 0.344 e. The molecule has 0 bridgehead atoms. The van der Waals surface area contributed by atoms with Crippen LogP contribution in [0.1, 0.15) is 28.6 Å². The Morgan fingerprint density at radius 2 is 1.74 bits per heavy atom. The van der Waals surface area contributed by atoms with Gasteiger partial charge in [0.15, 0.2) is 12.4 Å². The first-order chi connectivity index (χ1) is 17.0. The van der Waals surface area contributed by atoms with E-state index in [9.17, 15) is 9.59 Å². The molecule has 3 aromatic carbocycles. The zero-order valence-electron chi connectivity index (χ0n) is 19.2. The molecule has 0 fully saturated rings. The number of rotatable bonds is 9. The maximum Gasteiger partial charge on any atom is 0.344 e. The summed E-state index contributed by atoms with van der Waals surface area (Å²) >= 11 is 0. The average molecular weight is 472 g/mol. The van der Waals surface area contributed by atoms with Gasteiger partial charge in [-0.15, -0.1) is 0 Å². The highest BCUT2D eigenvalue weighted by molar-refractivity contribution is 6.05. The third-order valence-corrected chi connectivity index (χ3v) is 5.12. The van der Waals surface area contributed by atoms with Gasteiger partial charge in [-0.2, -0.15) is 0 Å². The van der Waals surface area contributed by atoms with Crippen LogP contribution in [0.5, 0.6) is 5.75 Å². The molecule has 8 heteroatoms. The third-order valence-electron chi connectivity index (χ3n) is 5.12. The number of esters is 1. The van der Waals surface area contributed by atoms with E-state index in [0.29, 0.717) is 35.7 Å². The van der Waals surface area contributed by atoms with Crippen molar-refractivity contribution in [3.63, 3.8) is 0 Å². The SMILES string of the molecule is CCOC(=O)COc1ccc(NC(=O)c2cc3cc(C(=N)NCc4ccccc4)ccc3o2)cc1. The first kappa shape index (κ1) is 23.6. The number of hydrogen-bond donors (Lipinski definition) is 3. The van der Waals surface area contributed by atoms with E-state index in [1.54, 1.807) is 49.4 Å². The highest BCUT2D eigenvalue weighted by Crippen LogP contribution is 2.23. The second-order valence-electron chi connectivity index (χ2n) is 7.65. The highest BCUT2D eigenvalue weighted by atomic mass is 16.6. The van der Waals surface area contributed by atoms with Crippen LogP contribution in [0.3, 0.4) is 0 Å². The number of furan rings is 1. The van der Waals surface area contributed by atoms with Crippen molar-refractivity contribution < 1.29 is 23.5 Å². The van der Waals surface area contributed by atoms with Crippen molar-refractivity contribution >= 4 is 34.4 Å². The van der Waals surface area contributed by atoms with Crippen LogP contribution in [0.2, 0.25) is 0 Å². The summed E-state index contributed by atoms with van der Waals surface area (Å²) in [7, 11) is 0. The summed E-state index contributed by atoms with van der Waals surface area (Å²) < 4.78 is 15.9. The molecule has 0 saturated carbocycles. The van der Waals surface area contributed by atoms with Gasteiger partial charge in [0.25, 0.3) is 5.91 Å². The molecule has 0 atom stereocenters. The summed E-state index contributed by atoms with van der Waals surface area (Å²) in [5.41, 5.74) is 2.88. The Kier molecular flexibility index (Phi) is 7.42. The van der Waals surface area contributed by atoms with Crippen molar-refractivity contribution in [3.05, 3.63) is 95.7 Å². The molecule has 4 rings (SSSR count). The molecule has 1 aromatic heterocycles. The van der Waals surface area contributed by atoms with Gasteiger partial charge >= 0.3 is 5.97 Å². The number of amides is 1. The molecule has 0 aliphatic carbocycles. The van der Waals surface area contributed by atoms with Gasteiger partial charge in [-0.3, -0.25) is 10.2 Å². The fourth-order valence-electron chi connectivity index (χ4n) is 3.37. The molecular formula is C27H25N3O5. The summed E-state index contributed by atoms with van der Waals surface area (Å²) in [6, 6.07) is 23.5. The van der Waals surface area contributed by atoms with Crippen LogP contribution in [0.25, 0.3) is 11.0 Å². The first-order valence-electron chi connectivity index (χ1n) is 11.1. The Labute approximate surface area is 202 Å². The van der Waals surface area contributed by atoms with Crippen LogP contribution in [-0.4, -0.2) is 30.9 Å². The van der Waals surface area contributed by atoms with E-state index in [-0.39, 0.29) is 18.2 Å². The lowest BCUT2D eigenvalue weighted by molar-refractivity contribution is -0.145. The van der Waals surface area contributed by atoms with Crippen molar-refractivity contribution in [1.82, 2.24) is 5.32 Å². The van der Waals surface area contributed by atoms with Crippen molar-refractivity contribution in [3.8, 4) is 5.75 Å². The molecule has 0 aliphatic rings.